The Kier molecular flexibility index (Phi) is 3.56. The van der Waals surface area contributed by atoms with E-state index >= 15 is 0 Å². The Morgan fingerprint density at radius 2 is 2.05 bits per heavy atom. The van der Waals surface area contributed by atoms with E-state index in [1.807, 2.05) is 36.7 Å². The van der Waals surface area contributed by atoms with Crippen LogP contribution in [-0.2, 0) is 12.8 Å². The van der Waals surface area contributed by atoms with Crippen LogP contribution < -0.4 is 5.73 Å². The third kappa shape index (κ3) is 2.66. The zero-order valence-electron chi connectivity index (χ0n) is 11.0. The Balaban J connectivity index is 1.80. The van der Waals surface area contributed by atoms with E-state index in [0.717, 1.165) is 25.0 Å². The minimum absolute atomic E-state index is 0.101. The fourth-order valence-electron chi connectivity index (χ4n) is 2.96. The van der Waals surface area contributed by atoms with Crippen molar-refractivity contribution in [2.45, 2.75) is 37.6 Å². The summed E-state index contributed by atoms with van der Waals surface area (Å²) in [6.45, 7) is 0. The molecule has 1 aliphatic rings. The van der Waals surface area contributed by atoms with Gasteiger partial charge in [-0.25, -0.2) is 0 Å². The fourth-order valence-corrected chi connectivity index (χ4v) is 2.96. The van der Waals surface area contributed by atoms with Crippen LogP contribution >= 0.6 is 0 Å². The summed E-state index contributed by atoms with van der Waals surface area (Å²) in [5.41, 5.74) is 10.1. The molecule has 2 unspecified atom stereocenters. The summed E-state index contributed by atoms with van der Waals surface area (Å²) in [7, 11) is 0. The van der Waals surface area contributed by atoms with Crippen molar-refractivity contribution in [2.24, 2.45) is 5.73 Å². The molecule has 3 rings (SSSR count). The number of fused-ring (bicyclic) bond motifs is 1. The molecule has 0 saturated carbocycles. The normalized spacial score (nSPS) is 19.7. The molecule has 0 spiro atoms. The molecule has 0 amide bonds. The van der Waals surface area contributed by atoms with Gasteiger partial charge in [0.05, 0.1) is 0 Å². The third-order valence-corrected chi connectivity index (χ3v) is 3.93. The van der Waals surface area contributed by atoms with E-state index < -0.39 is 0 Å². The molecule has 2 aromatic heterocycles. The third-order valence-electron chi connectivity index (χ3n) is 3.93. The molecular weight excluding hydrogens is 234 g/mol. The van der Waals surface area contributed by atoms with Crippen LogP contribution in [0.25, 0.3) is 0 Å². The number of rotatable bonds is 3. The Hall–Kier alpha value is -1.74. The maximum Gasteiger partial charge on any atom is 0.0482 e. The summed E-state index contributed by atoms with van der Waals surface area (Å²) in [5, 5.41) is 0. The van der Waals surface area contributed by atoms with Crippen LogP contribution in [0, 0.1) is 0 Å². The Bertz CT molecular complexity index is 539. The molecule has 0 saturated heterocycles. The minimum Gasteiger partial charge on any atom is -0.327 e. The maximum atomic E-state index is 6.42. The Labute approximate surface area is 113 Å². The summed E-state index contributed by atoms with van der Waals surface area (Å²) >= 11 is 0. The first kappa shape index (κ1) is 12.3. The van der Waals surface area contributed by atoms with E-state index in [1.165, 1.54) is 17.7 Å². The van der Waals surface area contributed by atoms with Crippen molar-refractivity contribution in [1.82, 2.24) is 9.97 Å². The van der Waals surface area contributed by atoms with Crippen molar-refractivity contribution in [1.29, 1.82) is 0 Å². The van der Waals surface area contributed by atoms with Crippen LogP contribution in [0.3, 0.4) is 0 Å². The second-order valence-electron chi connectivity index (χ2n) is 5.24. The largest absolute Gasteiger partial charge is 0.327 e. The van der Waals surface area contributed by atoms with E-state index in [0.29, 0.717) is 5.92 Å². The highest BCUT2D eigenvalue weighted by atomic mass is 14.8. The van der Waals surface area contributed by atoms with Gasteiger partial charge in [-0.2, -0.15) is 0 Å². The predicted molar refractivity (Wildman–Crippen MR) is 75.8 cm³/mol. The number of hydrogen-bond donors (Lipinski definition) is 1. The van der Waals surface area contributed by atoms with Crippen molar-refractivity contribution in [3.05, 3.63) is 59.7 Å². The lowest BCUT2D eigenvalue weighted by atomic mass is 9.81. The summed E-state index contributed by atoms with van der Waals surface area (Å²) in [6.07, 6.45) is 8.01. The zero-order valence-corrected chi connectivity index (χ0v) is 11.0. The van der Waals surface area contributed by atoms with Gasteiger partial charge in [0.1, 0.15) is 0 Å². The number of nitrogens with two attached hydrogens (primary N) is 1. The molecule has 0 radical (unpaired) electrons. The van der Waals surface area contributed by atoms with Gasteiger partial charge >= 0.3 is 0 Å². The molecule has 2 N–H and O–H groups in total. The first-order valence-corrected chi connectivity index (χ1v) is 6.94. The molecule has 3 heteroatoms. The van der Waals surface area contributed by atoms with Crippen molar-refractivity contribution in [2.75, 3.05) is 0 Å². The first-order valence-electron chi connectivity index (χ1n) is 6.94. The standard InChI is InChI=1S/C16H19N3/c17-15(11-13-7-1-2-9-18-13)14-8-3-5-12-6-4-10-19-16(12)14/h1-2,4,6-7,9-10,14-15H,3,5,8,11,17H2. The summed E-state index contributed by atoms with van der Waals surface area (Å²) in [6, 6.07) is 10.3. The van der Waals surface area contributed by atoms with Gasteiger partial charge in [-0.05, 0) is 43.0 Å². The predicted octanol–water partition coefficient (Wildman–Crippen LogP) is 2.47. The number of pyridine rings is 2. The minimum atomic E-state index is 0.101. The van der Waals surface area contributed by atoms with Crippen LogP contribution in [0.1, 0.15) is 35.7 Å². The highest BCUT2D eigenvalue weighted by Gasteiger charge is 2.26. The SMILES string of the molecule is NC(Cc1ccccn1)C1CCCc2cccnc21. The molecule has 0 aliphatic heterocycles. The molecule has 98 valence electrons. The van der Waals surface area contributed by atoms with Crippen molar-refractivity contribution in [3.8, 4) is 0 Å². The van der Waals surface area contributed by atoms with E-state index in [1.54, 1.807) is 0 Å². The van der Waals surface area contributed by atoms with Crippen LogP contribution in [-0.4, -0.2) is 16.0 Å². The van der Waals surface area contributed by atoms with Gasteiger partial charge in [0.2, 0.25) is 0 Å². The van der Waals surface area contributed by atoms with E-state index in [2.05, 4.69) is 16.0 Å². The average Bonchev–Trinajstić information content (AvgIpc) is 2.47. The average molecular weight is 253 g/mol. The van der Waals surface area contributed by atoms with Gasteiger partial charge in [-0.15, -0.1) is 0 Å². The van der Waals surface area contributed by atoms with Gasteiger partial charge in [-0.1, -0.05) is 12.1 Å². The number of nitrogens with zero attached hydrogens (tertiary/aromatic N) is 2. The molecular formula is C16H19N3. The van der Waals surface area contributed by atoms with E-state index in [-0.39, 0.29) is 6.04 Å². The van der Waals surface area contributed by atoms with Crippen LogP contribution in [0.4, 0.5) is 0 Å². The maximum absolute atomic E-state index is 6.42. The molecule has 0 aromatic carbocycles. The van der Waals surface area contributed by atoms with Crippen LogP contribution in [0.5, 0.6) is 0 Å². The fraction of sp³-hybridized carbons (Fsp3) is 0.375. The molecule has 2 atom stereocenters. The molecule has 1 aliphatic carbocycles. The monoisotopic (exact) mass is 253 g/mol. The molecule has 2 heterocycles. The zero-order chi connectivity index (χ0) is 13.1. The summed E-state index contributed by atoms with van der Waals surface area (Å²) < 4.78 is 0. The smallest absolute Gasteiger partial charge is 0.0482 e. The van der Waals surface area contributed by atoms with Gasteiger partial charge < -0.3 is 5.73 Å². The number of hydrogen-bond acceptors (Lipinski definition) is 3. The summed E-state index contributed by atoms with van der Waals surface area (Å²) in [5.74, 6) is 0.368. The lowest BCUT2D eigenvalue weighted by molar-refractivity contribution is 0.447. The van der Waals surface area contributed by atoms with Crippen molar-refractivity contribution < 1.29 is 0 Å². The molecule has 2 aromatic rings. The summed E-state index contributed by atoms with van der Waals surface area (Å²) in [4.78, 5) is 8.93. The van der Waals surface area contributed by atoms with Gasteiger partial charge in [-0.3, -0.25) is 9.97 Å². The van der Waals surface area contributed by atoms with Gasteiger partial charge in [0.25, 0.3) is 0 Å². The molecule has 0 bridgehead atoms. The quantitative estimate of drug-likeness (QED) is 0.914. The molecule has 3 nitrogen and oxygen atoms in total. The highest BCUT2D eigenvalue weighted by Crippen LogP contribution is 2.32. The number of aryl methyl sites for hydroxylation is 1. The van der Waals surface area contributed by atoms with Crippen molar-refractivity contribution >= 4 is 0 Å². The van der Waals surface area contributed by atoms with Crippen LogP contribution in [0.15, 0.2) is 42.7 Å². The second kappa shape index (κ2) is 5.49. The lowest BCUT2D eigenvalue weighted by Crippen LogP contribution is -2.33. The highest BCUT2D eigenvalue weighted by molar-refractivity contribution is 5.27. The Morgan fingerprint density at radius 1 is 1.16 bits per heavy atom. The topological polar surface area (TPSA) is 51.8 Å². The molecule has 0 fully saturated rings. The number of aromatic nitrogens is 2. The Morgan fingerprint density at radius 3 is 2.89 bits per heavy atom. The second-order valence-corrected chi connectivity index (χ2v) is 5.24. The van der Waals surface area contributed by atoms with Crippen molar-refractivity contribution in [3.63, 3.8) is 0 Å². The van der Waals surface area contributed by atoms with Crippen LogP contribution in [0.2, 0.25) is 0 Å². The van der Waals surface area contributed by atoms with Gasteiger partial charge in [0, 0.05) is 42.2 Å². The van der Waals surface area contributed by atoms with E-state index in [4.69, 9.17) is 5.73 Å². The molecule has 19 heavy (non-hydrogen) atoms. The van der Waals surface area contributed by atoms with Gasteiger partial charge in [0.15, 0.2) is 0 Å². The lowest BCUT2D eigenvalue weighted by Gasteiger charge is -2.28. The first-order chi connectivity index (χ1) is 9.34. The van der Waals surface area contributed by atoms with E-state index in [9.17, 15) is 0 Å².